The highest BCUT2D eigenvalue weighted by atomic mass is 79.9. The maximum absolute atomic E-state index is 13.0. The highest BCUT2D eigenvalue weighted by Crippen LogP contribution is 2.19. The minimum atomic E-state index is -0.360. The Morgan fingerprint density at radius 2 is 2.43 bits per heavy atom. The Bertz CT molecular complexity index is 527. The van der Waals surface area contributed by atoms with Gasteiger partial charge in [0.15, 0.2) is 5.65 Å². The van der Waals surface area contributed by atoms with E-state index in [1.54, 1.807) is 10.6 Å². The van der Waals surface area contributed by atoms with E-state index in [4.69, 9.17) is 5.26 Å². The van der Waals surface area contributed by atoms with E-state index >= 15 is 0 Å². The van der Waals surface area contributed by atoms with Gasteiger partial charge in [0.2, 0.25) is 0 Å². The Kier molecular flexibility index (Phi) is 2.22. The largest absolute Gasteiger partial charge is 0.299 e. The number of nitrogens with zero attached hydrogens (tertiary/aromatic N) is 3. The molecule has 0 amide bonds. The lowest BCUT2D eigenvalue weighted by Gasteiger charge is -1.99. The maximum Gasteiger partial charge on any atom is 0.151 e. The quantitative estimate of drug-likeness (QED) is 0.783. The molecule has 0 unspecified atom stereocenters. The zero-order valence-corrected chi connectivity index (χ0v) is 8.62. The molecule has 0 spiro atoms. The van der Waals surface area contributed by atoms with Crippen molar-refractivity contribution < 1.29 is 4.39 Å². The number of pyridine rings is 1. The molecule has 0 N–H and O–H groups in total. The lowest BCUT2D eigenvalue weighted by Crippen LogP contribution is -1.93. The maximum atomic E-state index is 13.0. The van der Waals surface area contributed by atoms with Gasteiger partial charge in [0.05, 0.1) is 28.9 Å². The van der Waals surface area contributed by atoms with Crippen LogP contribution in [0.15, 0.2) is 22.9 Å². The van der Waals surface area contributed by atoms with Crippen LogP contribution in [0.4, 0.5) is 4.39 Å². The fourth-order valence-corrected chi connectivity index (χ4v) is 1.79. The molecule has 5 heteroatoms. The Morgan fingerprint density at radius 3 is 3.14 bits per heavy atom. The molecule has 2 rings (SSSR count). The first-order chi connectivity index (χ1) is 6.72. The van der Waals surface area contributed by atoms with E-state index in [1.165, 1.54) is 12.3 Å². The summed E-state index contributed by atoms with van der Waals surface area (Å²) in [6.07, 6.45) is 3.11. The standard InChI is InChI=1S/C9H5BrFN3/c10-8-3-6(11)5-14-7(1-2-12)4-13-9(8)14/h3-5H,1H2. The van der Waals surface area contributed by atoms with Crippen molar-refractivity contribution in [2.24, 2.45) is 0 Å². The molecule has 70 valence electrons. The van der Waals surface area contributed by atoms with E-state index in [1.807, 2.05) is 6.07 Å². The molecule has 2 heterocycles. The molecule has 0 saturated carbocycles. The summed E-state index contributed by atoms with van der Waals surface area (Å²) >= 11 is 3.21. The second kappa shape index (κ2) is 3.39. The topological polar surface area (TPSA) is 41.1 Å². The highest BCUT2D eigenvalue weighted by molar-refractivity contribution is 9.10. The predicted molar refractivity (Wildman–Crippen MR) is 52.2 cm³/mol. The highest BCUT2D eigenvalue weighted by Gasteiger charge is 2.07. The minimum Gasteiger partial charge on any atom is -0.299 e. The van der Waals surface area contributed by atoms with Gasteiger partial charge in [0, 0.05) is 6.20 Å². The third kappa shape index (κ3) is 1.38. The molecule has 0 aliphatic carbocycles. The predicted octanol–water partition coefficient (Wildman–Crippen LogP) is 2.30. The van der Waals surface area contributed by atoms with Crippen LogP contribution in [-0.4, -0.2) is 9.38 Å². The number of hydrogen-bond acceptors (Lipinski definition) is 2. The molecule has 0 aliphatic rings. The summed E-state index contributed by atoms with van der Waals surface area (Å²) < 4.78 is 15.2. The van der Waals surface area contributed by atoms with Crippen molar-refractivity contribution in [2.75, 3.05) is 0 Å². The molecule has 0 fully saturated rings. The summed E-state index contributed by atoms with van der Waals surface area (Å²) in [7, 11) is 0. The first-order valence-electron chi connectivity index (χ1n) is 3.90. The minimum absolute atomic E-state index is 0.219. The SMILES string of the molecule is N#CCc1cnc2c(Br)cc(F)cn12. The van der Waals surface area contributed by atoms with Gasteiger partial charge >= 0.3 is 0 Å². The summed E-state index contributed by atoms with van der Waals surface area (Å²) in [6.45, 7) is 0. The Hall–Kier alpha value is -1.41. The van der Waals surface area contributed by atoms with Crippen molar-refractivity contribution in [1.29, 1.82) is 5.26 Å². The molecule has 2 aromatic rings. The molecule has 0 aliphatic heterocycles. The van der Waals surface area contributed by atoms with Gasteiger partial charge in [-0.15, -0.1) is 0 Å². The number of aromatic nitrogens is 2. The van der Waals surface area contributed by atoms with Gasteiger partial charge in [-0.3, -0.25) is 4.40 Å². The van der Waals surface area contributed by atoms with E-state index in [0.717, 1.165) is 0 Å². The van der Waals surface area contributed by atoms with E-state index in [-0.39, 0.29) is 12.2 Å². The van der Waals surface area contributed by atoms with Gasteiger partial charge in [-0.05, 0) is 22.0 Å². The molecule has 0 saturated heterocycles. The zero-order chi connectivity index (χ0) is 10.1. The van der Waals surface area contributed by atoms with Gasteiger partial charge in [-0.25, -0.2) is 9.37 Å². The van der Waals surface area contributed by atoms with Gasteiger partial charge in [-0.2, -0.15) is 5.26 Å². The van der Waals surface area contributed by atoms with E-state index < -0.39 is 0 Å². The van der Waals surface area contributed by atoms with Crippen LogP contribution in [0.3, 0.4) is 0 Å². The summed E-state index contributed by atoms with van der Waals surface area (Å²) in [4.78, 5) is 4.08. The summed E-state index contributed by atoms with van der Waals surface area (Å²) in [5.41, 5.74) is 1.30. The number of imidazole rings is 1. The number of fused-ring (bicyclic) bond motifs is 1. The van der Waals surface area contributed by atoms with Crippen LogP contribution in [0.5, 0.6) is 0 Å². The molecule has 14 heavy (non-hydrogen) atoms. The zero-order valence-electron chi connectivity index (χ0n) is 7.04. The van der Waals surface area contributed by atoms with Crippen molar-refractivity contribution in [3.05, 3.63) is 34.4 Å². The average Bonchev–Trinajstić information content (AvgIpc) is 2.49. The van der Waals surface area contributed by atoms with Crippen molar-refractivity contribution in [2.45, 2.75) is 6.42 Å². The molecule has 3 nitrogen and oxygen atoms in total. The molecule has 0 bridgehead atoms. The van der Waals surface area contributed by atoms with Gasteiger partial charge in [-0.1, -0.05) is 0 Å². The summed E-state index contributed by atoms with van der Waals surface area (Å²) in [5.74, 6) is -0.360. The Morgan fingerprint density at radius 1 is 1.64 bits per heavy atom. The van der Waals surface area contributed by atoms with Crippen molar-refractivity contribution in [1.82, 2.24) is 9.38 Å². The molecular weight excluding hydrogens is 249 g/mol. The molecule has 2 aromatic heterocycles. The smallest absolute Gasteiger partial charge is 0.151 e. The second-order valence-electron chi connectivity index (χ2n) is 2.78. The van der Waals surface area contributed by atoms with E-state index in [2.05, 4.69) is 20.9 Å². The molecule has 0 atom stereocenters. The molecule has 0 aromatic carbocycles. The number of nitriles is 1. The average molecular weight is 254 g/mol. The first-order valence-corrected chi connectivity index (χ1v) is 4.69. The van der Waals surface area contributed by atoms with Gasteiger partial charge in [0.1, 0.15) is 5.82 Å². The lowest BCUT2D eigenvalue weighted by atomic mass is 10.3. The molecular formula is C9H5BrFN3. The third-order valence-electron chi connectivity index (χ3n) is 1.86. The number of halogens is 2. The monoisotopic (exact) mass is 253 g/mol. The van der Waals surface area contributed by atoms with Gasteiger partial charge in [0.25, 0.3) is 0 Å². The van der Waals surface area contributed by atoms with Crippen molar-refractivity contribution in [3.63, 3.8) is 0 Å². The van der Waals surface area contributed by atoms with Crippen LogP contribution < -0.4 is 0 Å². The lowest BCUT2D eigenvalue weighted by molar-refractivity contribution is 0.617. The number of rotatable bonds is 1. The summed E-state index contributed by atoms with van der Waals surface area (Å²) in [5, 5.41) is 8.54. The van der Waals surface area contributed by atoms with Crippen molar-refractivity contribution in [3.8, 4) is 6.07 Å². The van der Waals surface area contributed by atoms with Crippen LogP contribution in [0, 0.1) is 17.1 Å². The summed E-state index contributed by atoms with van der Waals surface area (Å²) in [6, 6.07) is 3.35. The normalized spacial score (nSPS) is 10.4. The first kappa shape index (κ1) is 9.16. The van der Waals surface area contributed by atoms with Crippen LogP contribution in [-0.2, 0) is 6.42 Å². The van der Waals surface area contributed by atoms with E-state index in [9.17, 15) is 4.39 Å². The fourth-order valence-electron chi connectivity index (χ4n) is 1.27. The van der Waals surface area contributed by atoms with Crippen LogP contribution in [0.2, 0.25) is 0 Å². The number of hydrogen-bond donors (Lipinski definition) is 0. The Balaban J connectivity index is 2.73. The Labute approximate surface area is 87.9 Å². The van der Waals surface area contributed by atoms with Crippen LogP contribution in [0.25, 0.3) is 5.65 Å². The fraction of sp³-hybridized carbons (Fsp3) is 0.111. The molecule has 0 radical (unpaired) electrons. The van der Waals surface area contributed by atoms with E-state index in [0.29, 0.717) is 15.8 Å². The van der Waals surface area contributed by atoms with Gasteiger partial charge < -0.3 is 0 Å². The van der Waals surface area contributed by atoms with Crippen molar-refractivity contribution >= 4 is 21.6 Å². The van der Waals surface area contributed by atoms with Crippen LogP contribution in [0.1, 0.15) is 5.69 Å². The third-order valence-corrected chi connectivity index (χ3v) is 2.45. The van der Waals surface area contributed by atoms with Crippen LogP contribution >= 0.6 is 15.9 Å². The second-order valence-corrected chi connectivity index (χ2v) is 3.64.